The molecule has 4 rings (SSSR count). The zero-order valence-electron chi connectivity index (χ0n) is 17.3. The van der Waals surface area contributed by atoms with Gasteiger partial charge in [0.05, 0.1) is 5.69 Å². The van der Waals surface area contributed by atoms with Gasteiger partial charge in [0.15, 0.2) is 0 Å². The molecule has 32 heavy (non-hydrogen) atoms. The van der Waals surface area contributed by atoms with Gasteiger partial charge in [-0.05, 0) is 48.9 Å². The maximum Gasteiger partial charge on any atom is 0.283 e. The molecule has 6 nitrogen and oxygen atoms in total. The van der Waals surface area contributed by atoms with Crippen LogP contribution < -0.4 is 15.5 Å². The zero-order valence-corrected chi connectivity index (χ0v) is 18.0. The number of halogens is 1. The highest BCUT2D eigenvalue weighted by Crippen LogP contribution is 2.30. The van der Waals surface area contributed by atoms with E-state index >= 15 is 0 Å². The molecule has 0 radical (unpaired) electrons. The first kappa shape index (κ1) is 21.3. The summed E-state index contributed by atoms with van der Waals surface area (Å²) in [5, 5.41) is 5.59. The lowest BCUT2D eigenvalue weighted by atomic mass is 10.1. The van der Waals surface area contributed by atoms with Crippen LogP contribution in [0.25, 0.3) is 0 Å². The third-order valence-corrected chi connectivity index (χ3v) is 5.38. The molecule has 0 saturated heterocycles. The maximum atomic E-state index is 12.8. The van der Waals surface area contributed by atoms with Crippen LogP contribution in [-0.4, -0.2) is 17.7 Å². The van der Waals surface area contributed by atoms with Crippen LogP contribution in [0.15, 0.2) is 89.6 Å². The van der Waals surface area contributed by atoms with E-state index in [9.17, 15) is 14.4 Å². The fraction of sp³-hybridized carbons (Fsp3) is 0.0800. The Morgan fingerprint density at radius 3 is 2.19 bits per heavy atom. The molecular weight excluding hydrogens is 426 g/mol. The van der Waals surface area contributed by atoms with Gasteiger partial charge in [-0.15, -0.1) is 0 Å². The van der Waals surface area contributed by atoms with Crippen LogP contribution in [0.1, 0.15) is 21.5 Å². The van der Waals surface area contributed by atoms with Gasteiger partial charge in [-0.2, -0.15) is 0 Å². The highest BCUT2D eigenvalue weighted by atomic mass is 35.5. The Morgan fingerprint density at radius 2 is 1.53 bits per heavy atom. The molecule has 0 saturated carbocycles. The Bertz CT molecular complexity index is 1200. The third kappa shape index (κ3) is 4.40. The van der Waals surface area contributed by atoms with Crippen molar-refractivity contribution in [2.45, 2.75) is 13.5 Å². The molecule has 0 aliphatic carbocycles. The Kier molecular flexibility index (Phi) is 6.05. The molecule has 160 valence electrons. The minimum absolute atomic E-state index is 0.00137. The number of carbonyl (C=O) groups excluding carboxylic acids is 3. The molecule has 1 aliphatic heterocycles. The van der Waals surface area contributed by atoms with Gasteiger partial charge in [0.25, 0.3) is 17.7 Å². The molecule has 3 aromatic carbocycles. The summed E-state index contributed by atoms with van der Waals surface area (Å²) < 4.78 is 0. The van der Waals surface area contributed by atoms with Crippen LogP contribution in [0.4, 0.5) is 11.4 Å². The van der Waals surface area contributed by atoms with Crippen LogP contribution in [0.3, 0.4) is 0 Å². The first-order valence-electron chi connectivity index (χ1n) is 9.98. The number of rotatable bonds is 6. The van der Waals surface area contributed by atoms with E-state index in [4.69, 9.17) is 11.6 Å². The van der Waals surface area contributed by atoms with Gasteiger partial charge >= 0.3 is 0 Å². The Labute approximate surface area is 190 Å². The molecule has 0 unspecified atom stereocenters. The van der Waals surface area contributed by atoms with E-state index < -0.39 is 11.8 Å². The topological polar surface area (TPSA) is 78.5 Å². The Balaban J connectivity index is 1.43. The molecular formula is C25H20ClN3O3. The van der Waals surface area contributed by atoms with Crippen LogP contribution in [0, 0.1) is 6.92 Å². The quantitative estimate of drug-likeness (QED) is 0.552. The standard InChI is InChI=1S/C25H20ClN3O3/c1-16-7-13-20(14-8-16)29-24(31)21(26)22(25(29)32)28-19-11-9-18(10-12-19)23(30)27-15-17-5-3-2-4-6-17/h2-14,28H,15H2,1H3,(H,27,30). The molecule has 1 heterocycles. The Hall–Kier alpha value is -3.90. The van der Waals surface area contributed by atoms with E-state index in [1.54, 1.807) is 36.4 Å². The molecule has 0 spiro atoms. The highest BCUT2D eigenvalue weighted by Gasteiger charge is 2.38. The van der Waals surface area contributed by atoms with E-state index in [1.165, 1.54) is 0 Å². The van der Waals surface area contributed by atoms with Gasteiger partial charge in [0.2, 0.25) is 0 Å². The largest absolute Gasteiger partial charge is 0.350 e. The van der Waals surface area contributed by atoms with Crippen LogP contribution in [0.2, 0.25) is 0 Å². The fourth-order valence-corrected chi connectivity index (χ4v) is 3.48. The van der Waals surface area contributed by atoms with Crippen molar-refractivity contribution in [1.29, 1.82) is 0 Å². The summed E-state index contributed by atoms with van der Waals surface area (Å²) in [6.45, 7) is 2.34. The molecule has 2 N–H and O–H groups in total. The number of hydrogen-bond donors (Lipinski definition) is 2. The van der Waals surface area contributed by atoms with Crippen LogP contribution >= 0.6 is 11.6 Å². The van der Waals surface area contributed by atoms with Crippen molar-refractivity contribution >= 4 is 40.7 Å². The van der Waals surface area contributed by atoms with E-state index in [0.29, 0.717) is 23.5 Å². The van der Waals surface area contributed by atoms with Crippen molar-refractivity contribution in [2.24, 2.45) is 0 Å². The minimum Gasteiger partial charge on any atom is -0.350 e. The lowest BCUT2D eigenvalue weighted by molar-refractivity contribution is -0.120. The summed E-state index contributed by atoms with van der Waals surface area (Å²) in [4.78, 5) is 38.8. The second-order valence-corrected chi connectivity index (χ2v) is 7.72. The lowest BCUT2D eigenvalue weighted by Crippen LogP contribution is -2.32. The van der Waals surface area contributed by atoms with Crippen molar-refractivity contribution in [1.82, 2.24) is 5.32 Å². The number of nitrogens with one attached hydrogen (secondary N) is 2. The molecule has 0 fully saturated rings. The molecule has 0 bridgehead atoms. The monoisotopic (exact) mass is 445 g/mol. The number of nitrogens with zero attached hydrogens (tertiary/aromatic N) is 1. The van der Waals surface area contributed by atoms with Gasteiger partial charge in [-0.3, -0.25) is 14.4 Å². The maximum absolute atomic E-state index is 12.8. The summed E-state index contributed by atoms with van der Waals surface area (Å²) >= 11 is 6.17. The summed E-state index contributed by atoms with van der Waals surface area (Å²) in [6, 6.07) is 23.2. The Morgan fingerprint density at radius 1 is 0.875 bits per heavy atom. The van der Waals surface area contributed by atoms with E-state index in [-0.39, 0.29) is 16.6 Å². The third-order valence-electron chi connectivity index (χ3n) is 5.03. The molecule has 0 atom stereocenters. The second kappa shape index (κ2) is 9.08. The normalized spacial score (nSPS) is 13.5. The molecule has 3 amide bonds. The molecule has 7 heteroatoms. The average molecular weight is 446 g/mol. The van der Waals surface area contributed by atoms with Gasteiger partial charge < -0.3 is 10.6 Å². The first-order valence-corrected chi connectivity index (χ1v) is 10.4. The summed E-state index contributed by atoms with van der Waals surface area (Å²) in [7, 11) is 0. The first-order chi connectivity index (χ1) is 15.4. The average Bonchev–Trinajstić information content (AvgIpc) is 3.02. The van der Waals surface area contributed by atoms with Crippen LogP contribution in [-0.2, 0) is 16.1 Å². The lowest BCUT2D eigenvalue weighted by Gasteiger charge is -2.15. The number of imide groups is 1. The summed E-state index contributed by atoms with van der Waals surface area (Å²) in [5.41, 5.74) is 3.47. The SMILES string of the molecule is Cc1ccc(N2C(=O)C(Cl)=C(Nc3ccc(C(=O)NCc4ccccc4)cc3)C2=O)cc1. The van der Waals surface area contributed by atoms with Gasteiger partial charge in [0.1, 0.15) is 10.7 Å². The minimum atomic E-state index is -0.583. The number of anilines is 2. The van der Waals surface area contributed by atoms with E-state index in [1.807, 2.05) is 49.4 Å². The second-order valence-electron chi connectivity index (χ2n) is 7.34. The summed E-state index contributed by atoms with van der Waals surface area (Å²) in [6.07, 6.45) is 0. The number of amides is 3. The number of hydrogen-bond acceptors (Lipinski definition) is 4. The summed E-state index contributed by atoms with van der Waals surface area (Å²) in [5.74, 6) is -1.33. The van der Waals surface area contributed by atoms with E-state index in [0.717, 1.165) is 16.0 Å². The fourth-order valence-electron chi connectivity index (χ4n) is 3.27. The number of aryl methyl sites for hydroxylation is 1. The van der Waals surface area contributed by atoms with Crippen molar-refractivity contribution < 1.29 is 14.4 Å². The van der Waals surface area contributed by atoms with Gasteiger partial charge in [0, 0.05) is 17.8 Å². The van der Waals surface area contributed by atoms with Crippen LogP contribution in [0.5, 0.6) is 0 Å². The molecule has 1 aliphatic rings. The smallest absolute Gasteiger partial charge is 0.283 e. The predicted molar refractivity (Wildman–Crippen MR) is 124 cm³/mol. The highest BCUT2D eigenvalue weighted by molar-refractivity contribution is 6.53. The van der Waals surface area contributed by atoms with Gasteiger partial charge in [-0.1, -0.05) is 59.6 Å². The van der Waals surface area contributed by atoms with Gasteiger partial charge in [-0.25, -0.2) is 4.90 Å². The van der Waals surface area contributed by atoms with Crippen molar-refractivity contribution in [3.8, 4) is 0 Å². The van der Waals surface area contributed by atoms with Crippen molar-refractivity contribution in [2.75, 3.05) is 10.2 Å². The number of benzene rings is 3. The molecule has 3 aromatic rings. The van der Waals surface area contributed by atoms with Crippen molar-refractivity contribution in [3.05, 3.63) is 106 Å². The number of carbonyl (C=O) groups is 3. The predicted octanol–water partition coefficient (Wildman–Crippen LogP) is 4.36. The zero-order chi connectivity index (χ0) is 22.7. The molecule has 0 aromatic heterocycles. The van der Waals surface area contributed by atoms with E-state index in [2.05, 4.69) is 10.6 Å². The van der Waals surface area contributed by atoms with Crippen molar-refractivity contribution in [3.63, 3.8) is 0 Å².